The summed E-state index contributed by atoms with van der Waals surface area (Å²) in [5.74, 6) is -0.143. The van der Waals surface area contributed by atoms with Crippen LogP contribution in [0.25, 0.3) is 0 Å². The third-order valence-electron chi connectivity index (χ3n) is 3.96. The lowest BCUT2D eigenvalue weighted by Crippen LogP contribution is -2.42. The maximum atomic E-state index is 13.1. The van der Waals surface area contributed by atoms with Crippen molar-refractivity contribution in [3.8, 4) is 0 Å². The summed E-state index contributed by atoms with van der Waals surface area (Å²) >= 11 is 0. The van der Waals surface area contributed by atoms with E-state index < -0.39 is 0 Å². The Morgan fingerprint density at radius 3 is 2.68 bits per heavy atom. The topological polar surface area (TPSA) is 15.3 Å². The van der Waals surface area contributed by atoms with Crippen molar-refractivity contribution in [1.82, 2.24) is 10.2 Å². The van der Waals surface area contributed by atoms with E-state index in [2.05, 4.69) is 24.1 Å². The Morgan fingerprint density at radius 1 is 1.26 bits per heavy atom. The van der Waals surface area contributed by atoms with Crippen molar-refractivity contribution in [2.24, 2.45) is 0 Å². The third-order valence-corrected chi connectivity index (χ3v) is 3.96. The smallest absolute Gasteiger partial charge is 0.123 e. The molecule has 0 amide bonds. The lowest BCUT2D eigenvalue weighted by atomic mass is 10.1. The summed E-state index contributed by atoms with van der Waals surface area (Å²) in [6.07, 6.45) is 3.55. The lowest BCUT2D eigenvalue weighted by Gasteiger charge is -2.25. The van der Waals surface area contributed by atoms with Crippen molar-refractivity contribution in [1.29, 1.82) is 0 Å². The van der Waals surface area contributed by atoms with E-state index in [9.17, 15) is 4.39 Å². The van der Waals surface area contributed by atoms with Gasteiger partial charge < -0.3 is 5.32 Å². The van der Waals surface area contributed by atoms with Gasteiger partial charge in [0.15, 0.2) is 0 Å². The van der Waals surface area contributed by atoms with Gasteiger partial charge in [0.05, 0.1) is 0 Å². The molecule has 0 radical (unpaired) electrons. The number of benzene rings is 1. The minimum atomic E-state index is -0.143. The van der Waals surface area contributed by atoms with Crippen LogP contribution in [0.1, 0.15) is 32.3 Å². The summed E-state index contributed by atoms with van der Waals surface area (Å²) in [5, 5.41) is 3.56. The largest absolute Gasteiger partial charge is 0.312 e. The van der Waals surface area contributed by atoms with Gasteiger partial charge in [0, 0.05) is 18.6 Å². The third kappa shape index (κ3) is 4.59. The normalized spacial score (nSPS) is 19.5. The van der Waals surface area contributed by atoms with Crippen LogP contribution in [0.15, 0.2) is 24.3 Å². The van der Waals surface area contributed by atoms with Gasteiger partial charge in [-0.25, -0.2) is 4.39 Å². The van der Waals surface area contributed by atoms with E-state index in [0.29, 0.717) is 12.1 Å². The number of hydrogen-bond donors (Lipinski definition) is 1. The van der Waals surface area contributed by atoms with Gasteiger partial charge in [0.25, 0.3) is 0 Å². The molecule has 0 aliphatic carbocycles. The first kappa shape index (κ1) is 14.5. The molecular weight excluding hydrogens is 239 g/mol. The molecule has 3 heteroatoms. The minimum Gasteiger partial charge on any atom is -0.312 e. The first-order chi connectivity index (χ1) is 9.15. The Kier molecular flexibility index (Phi) is 5.34. The molecule has 1 heterocycles. The predicted octanol–water partition coefficient (Wildman–Crippen LogP) is 2.83. The average molecular weight is 264 g/mol. The Hall–Kier alpha value is -0.930. The Balaban J connectivity index is 1.73. The lowest BCUT2D eigenvalue weighted by molar-refractivity contribution is 0.247. The van der Waals surface area contributed by atoms with Gasteiger partial charge in [-0.15, -0.1) is 0 Å². The van der Waals surface area contributed by atoms with Crippen LogP contribution in [0.4, 0.5) is 4.39 Å². The maximum Gasteiger partial charge on any atom is 0.123 e. The van der Waals surface area contributed by atoms with E-state index in [1.165, 1.54) is 32.0 Å². The molecule has 1 fully saturated rings. The van der Waals surface area contributed by atoms with Crippen molar-refractivity contribution < 1.29 is 4.39 Å². The first-order valence-electron chi connectivity index (χ1n) is 7.37. The zero-order valence-corrected chi connectivity index (χ0v) is 12.0. The molecule has 0 spiro atoms. The first-order valence-corrected chi connectivity index (χ1v) is 7.37. The molecule has 1 aliphatic rings. The molecule has 106 valence electrons. The number of nitrogens with one attached hydrogen (secondary N) is 1. The van der Waals surface area contributed by atoms with Gasteiger partial charge >= 0.3 is 0 Å². The fraction of sp³-hybridized carbons (Fsp3) is 0.625. The molecule has 1 N–H and O–H groups in total. The molecule has 0 saturated carbocycles. The summed E-state index contributed by atoms with van der Waals surface area (Å²) in [5.41, 5.74) is 1.06. The van der Waals surface area contributed by atoms with E-state index in [1.807, 2.05) is 6.07 Å². The standard InChI is InChI=1S/C16H25FN2/c1-13(10-15-6-5-7-16(17)11-15)18-12-14(2)19-8-3-4-9-19/h5-7,11,13-14,18H,3-4,8-10,12H2,1-2H3. The van der Waals surface area contributed by atoms with E-state index in [0.717, 1.165) is 18.5 Å². The van der Waals surface area contributed by atoms with Crippen molar-refractivity contribution in [3.63, 3.8) is 0 Å². The Bertz CT molecular complexity index is 388. The van der Waals surface area contributed by atoms with Gasteiger partial charge in [-0.05, 0) is 63.9 Å². The Labute approximate surface area is 116 Å². The molecule has 2 nitrogen and oxygen atoms in total. The molecule has 2 rings (SSSR count). The zero-order valence-electron chi connectivity index (χ0n) is 12.0. The van der Waals surface area contributed by atoms with E-state index in [4.69, 9.17) is 0 Å². The molecule has 0 bridgehead atoms. The number of hydrogen-bond acceptors (Lipinski definition) is 2. The van der Waals surface area contributed by atoms with Crippen LogP contribution >= 0.6 is 0 Å². The zero-order chi connectivity index (χ0) is 13.7. The quantitative estimate of drug-likeness (QED) is 0.850. The SMILES string of the molecule is CC(Cc1cccc(F)c1)NCC(C)N1CCCC1. The van der Waals surface area contributed by atoms with Crippen LogP contribution in [0.5, 0.6) is 0 Å². The number of rotatable bonds is 6. The Morgan fingerprint density at radius 2 is 2.00 bits per heavy atom. The molecule has 1 aromatic carbocycles. The van der Waals surface area contributed by atoms with Gasteiger partial charge in [0.1, 0.15) is 5.82 Å². The molecule has 2 unspecified atom stereocenters. The van der Waals surface area contributed by atoms with E-state index >= 15 is 0 Å². The highest BCUT2D eigenvalue weighted by molar-refractivity contribution is 5.17. The number of halogens is 1. The second-order valence-electron chi connectivity index (χ2n) is 5.74. The summed E-state index contributed by atoms with van der Waals surface area (Å²) < 4.78 is 13.1. The highest BCUT2D eigenvalue weighted by Crippen LogP contribution is 2.11. The van der Waals surface area contributed by atoms with Gasteiger partial charge in [0.2, 0.25) is 0 Å². The van der Waals surface area contributed by atoms with Crippen LogP contribution in [-0.4, -0.2) is 36.6 Å². The second kappa shape index (κ2) is 7.01. The summed E-state index contributed by atoms with van der Waals surface area (Å²) in [6, 6.07) is 7.87. The van der Waals surface area contributed by atoms with Crippen LogP contribution in [0.2, 0.25) is 0 Å². The molecule has 1 aliphatic heterocycles. The fourth-order valence-electron chi connectivity index (χ4n) is 2.77. The highest BCUT2D eigenvalue weighted by Gasteiger charge is 2.18. The molecule has 19 heavy (non-hydrogen) atoms. The van der Waals surface area contributed by atoms with Crippen molar-refractivity contribution in [2.45, 2.75) is 45.2 Å². The van der Waals surface area contributed by atoms with Crippen LogP contribution in [-0.2, 0) is 6.42 Å². The summed E-state index contributed by atoms with van der Waals surface area (Å²) in [7, 11) is 0. The maximum absolute atomic E-state index is 13.1. The van der Waals surface area contributed by atoms with Gasteiger partial charge in [-0.3, -0.25) is 4.90 Å². The molecule has 1 aromatic rings. The molecular formula is C16H25FN2. The molecule has 2 atom stereocenters. The molecule has 0 aromatic heterocycles. The van der Waals surface area contributed by atoms with Crippen LogP contribution in [0, 0.1) is 5.82 Å². The predicted molar refractivity (Wildman–Crippen MR) is 77.8 cm³/mol. The average Bonchev–Trinajstić information content (AvgIpc) is 2.90. The number of likely N-dealkylation sites (tertiary alicyclic amines) is 1. The summed E-state index contributed by atoms with van der Waals surface area (Å²) in [4.78, 5) is 2.54. The second-order valence-corrected chi connectivity index (χ2v) is 5.74. The van der Waals surface area contributed by atoms with Crippen LogP contribution < -0.4 is 5.32 Å². The number of nitrogens with zero attached hydrogens (tertiary/aromatic N) is 1. The van der Waals surface area contributed by atoms with Gasteiger partial charge in [-0.1, -0.05) is 12.1 Å². The van der Waals surface area contributed by atoms with Crippen LogP contribution in [0.3, 0.4) is 0 Å². The highest BCUT2D eigenvalue weighted by atomic mass is 19.1. The monoisotopic (exact) mass is 264 g/mol. The van der Waals surface area contributed by atoms with Crippen molar-refractivity contribution >= 4 is 0 Å². The van der Waals surface area contributed by atoms with Crippen molar-refractivity contribution in [2.75, 3.05) is 19.6 Å². The molecule has 1 saturated heterocycles. The fourth-order valence-corrected chi connectivity index (χ4v) is 2.77. The van der Waals surface area contributed by atoms with E-state index in [-0.39, 0.29) is 5.82 Å². The van der Waals surface area contributed by atoms with Crippen molar-refractivity contribution in [3.05, 3.63) is 35.6 Å². The van der Waals surface area contributed by atoms with Gasteiger partial charge in [-0.2, -0.15) is 0 Å². The van der Waals surface area contributed by atoms with E-state index in [1.54, 1.807) is 12.1 Å². The minimum absolute atomic E-state index is 0.143. The summed E-state index contributed by atoms with van der Waals surface area (Å²) in [6.45, 7) is 7.94.